The van der Waals surface area contributed by atoms with Crippen LogP contribution in [0.1, 0.15) is 24.2 Å². The van der Waals surface area contributed by atoms with Gasteiger partial charge in [0.15, 0.2) is 0 Å². The Kier molecular flexibility index (Phi) is 4.21. The third kappa shape index (κ3) is 3.47. The summed E-state index contributed by atoms with van der Waals surface area (Å²) in [7, 11) is 0. The zero-order valence-electron chi connectivity index (χ0n) is 9.38. The largest absolute Gasteiger partial charge is 0.391 e. The molecule has 1 amide bonds. The van der Waals surface area contributed by atoms with Crippen LogP contribution in [0, 0.1) is 5.82 Å². The Morgan fingerprint density at radius 1 is 1.53 bits per heavy atom. The zero-order chi connectivity index (χ0) is 13.2. The number of thiocarbonyl (C=S) groups is 1. The summed E-state index contributed by atoms with van der Waals surface area (Å²) in [4.78, 5) is 12.0. The van der Waals surface area contributed by atoms with E-state index in [1.807, 2.05) is 0 Å². The molecule has 0 saturated carbocycles. The lowest BCUT2D eigenvalue weighted by Gasteiger charge is -2.24. The van der Waals surface area contributed by atoms with Gasteiger partial charge in [-0.25, -0.2) is 4.39 Å². The minimum atomic E-state index is -0.810. The lowest BCUT2D eigenvalue weighted by atomic mass is 10.0. The van der Waals surface area contributed by atoms with E-state index in [1.165, 1.54) is 12.1 Å². The molecule has 0 aliphatic heterocycles. The maximum absolute atomic E-state index is 13.3. The number of amides is 1. The van der Waals surface area contributed by atoms with Crippen molar-refractivity contribution in [2.45, 2.75) is 19.4 Å². The molecule has 0 atom stereocenters. The van der Waals surface area contributed by atoms with Crippen molar-refractivity contribution in [2.75, 3.05) is 0 Å². The fraction of sp³-hybridized carbons (Fsp3) is 0.273. The van der Waals surface area contributed by atoms with E-state index in [4.69, 9.17) is 18.0 Å². The number of nitrogens with two attached hydrogens (primary N) is 1. The van der Waals surface area contributed by atoms with Crippen molar-refractivity contribution in [3.05, 3.63) is 34.1 Å². The number of carbonyl (C=O) groups excluding carboxylic acids is 1. The number of halogens is 2. The van der Waals surface area contributed by atoms with Gasteiger partial charge in [-0.1, -0.05) is 12.2 Å². The monoisotopic (exact) mass is 318 g/mol. The summed E-state index contributed by atoms with van der Waals surface area (Å²) in [6.45, 7) is 3.37. The summed E-state index contributed by atoms with van der Waals surface area (Å²) in [5.41, 5.74) is 4.89. The standard InChI is InChI=1S/C11H12BrFN2OS/c1-11(2,10(14)17)15-9(16)6-3-4-7(12)8(13)5-6/h3-5H,1-2H3,(H2,14,17)(H,15,16). The molecule has 0 bridgehead atoms. The van der Waals surface area contributed by atoms with Gasteiger partial charge in [0.1, 0.15) is 5.82 Å². The zero-order valence-corrected chi connectivity index (χ0v) is 11.8. The molecular formula is C11H12BrFN2OS. The second-order valence-corrected chi connectivity index (χ2v) is 5.37. The molecule has 0 aliphatic carbocycles. The molecule has 1 aromatic rings. The molecule has 3 nitrogen and oxygen atoms in total. The second-order valence-electron chi connectivity index (χ2n) is 4.07. The summed E-state index contributed by atoms with van der Waals surface area (Å²) < 4.78 is 13.6. The summed E-state index contributed by atoms with van der Waals surface area (Å²) in [5, 5.41) is 2.63. The smallest absolute Gasteiger partial charge is 0.252 e. The fourth-order valence-electron chi connectivity index (χ4n) is 1.05. The average Bonchev–Trinajstić information content (AvgIpc) is 2.21. The molecule has 1 rings (SSSR count). The van der Waals surface area contributed by atoms with Gasteiger partial charge in [-0.2, -0.15) is 0 Å². The molecule has 1 aromatic carbocycles. The van der Waals surface area contributed by atoms with E-state index in [1.54, 1.807) is 13.8 Å². The Hall–Kier alpha value is -1.01. The summed E-state index contributed by atoms with van der Waals surface area (Å²) in [5.74, 6) is -0.917. The Labute approximate surface area is 113 Å². The van der Waals surface area contributed by atoms with E-state index >= 15 is 0 Å². The quantitative estimate of drug-likeness (QED) is 0.841. The second kappa shape index (κ2) is 5.10. The molecule has 0 aliphatic rings. The van der Waals surface area contributed by atoms with Crippen LogP contribution in [0.25, 0.3) is 0 Å². The van der Waals surface area contributed by atoms with Crippen LogP contribution in [0.2, 0.25) is 0 Å². The predicted molar refractivity (Wildman–Crippen MR) is 72.4 cm³/mol. The molecule has 92 valence electrons. The van der Waals surface area contributed by atoms with Gasteiger partial charge >= 0.3 is 0 Å². The third-order valence-corrected chi connectivity index (χ3v) is 3.38. The van der Waals surface area contributed by atoms with Crippen LogP contribution in [0.4, 0.5) is 4.39 Å². The average molecular weight is 319 g/mol. The van der Waals surface area contributed by atoms with Crippen LogP contribution in [0.5, 0.6) is 0 Å². The van der Waals surface area contributed by atoms with E-state index in [9.17, 15) is 9.18 Å². The van der Waals surface area contributed by atoms with Crippen molar-refractivity contribution < 1.29 is 9.18 Å². The van der Waals surface area contributed by atoms with Crippen LogP contribution in [-0.2, 0) is 0 Å². The summed E-state index contributed by atoms with van der Waals surface area (Å²) in [6.07, 6.45) is 0. The van der Waals surface area contributed by atoms with Gasteiger partial charge in [0.05, 0.1) is 15.0 Å². The normalized spacial score (nSPS) is 11.1. The number of hydrogen-bond acceptors (Lipinski definition) is 2. The van der Waals surface area contributed by atoms with Gasteiger partial charge < -0.3 is 11.1 Å². The van der Waals surface area contributed by atoms with Crippen molar-refractivity contribution in [1.82, 2.24) is 5.32 Å². The Balaban J connectivity index is 2.91. The van der Waals surface area contributed by atoms with Gasteiger partial charge in [0.25, 0.3) is 5.91 Å². The Morgan fingerprint density at radius 3 is 2.59 bits per heavy atom. The molecule has 0 fully saturated rings. The van der Waals surface area contributed by atoms with Gasteiger partial charge in [0, 0.05) is 5.56 Å². The van der Waals surface area contributed by atoms with E-state index in [-0.39, 0.29) is 10.6 Å². The maximum Gasteiger partial charge on any atom is 0.252 e. The lowest BCUT2D eigenvalue weighted by molar-refractivity contribution is 0.0931. The highest BCUT2D eigenvalue weighted by Gasteiger charge is 2.24. The maximum atomic E-state index is 13.3. The molecule has 0 unspecified atom stereocenters. The van der Waals surface area contributed by atoms with Gasteiger partial charge in [-0.15, -0.1) is 0 Å². The first kappa shape index (κ1) is 14.1. The van der Waals surface area contributed by atoms with Crippen LogP contribution in [-0.4, -0.2) is 16.4 Å². The van der Waals surface area contributed by atoms with E-state index < -0.39 is 17.3 Å². The highest BCUT2D eigenvalue weighted by molar-refractivity contribution is 9.10. The minimum absolute atomic E-state index is 0.170. The molecule has 0 aromatic heterocycles. The molecule has 3 N–H and O–H groups in total. The van der Waals surface area contributed by atoms with Crippen molar-refractivity contribution in [2.24, 2.45) is 5.73 Å². The number of benzene rings is 1. The van der Waals surface area contributed by atoms with Gasteiger partial charge in [-0.05, 0) is 48.0 Å². The van der Waals surface area contributed by atoms with Gasteiger partial charge in [0.2, 0.25) is 0 Å². The Morgan fingerprint density at radius 2 is 2.12 bits per heavy atom. The molecule has 0 radical (unpaired) electrons. The lowest BCUT2D eigenvalue weighted by Crippen LogP contribution is -2.52. The first-order chi connectivity index (χ1) is 7.74. The van der Waals surface area contributed by atoms with E-state index in [2.05, 4.69) is 21.2 Å². The van der Waals surface area contributed by atoms with Gasteiger partial charge in [-0.3, -0.25) is 4.79 Å². The SMILES string of the molecule is CC(C)(NC(=O)c1ccc(Br)c(F)c1)C(N)=S. The van der Waals surface area contributed by atoms with Crippen LogP contribution < -0.4 is 11.1 Å². The molecule has 0 heterocycles. The van der Waals surface area contributed by atoms with Crippen LogP contribution in [0.3, 0.4) is 0 Å². The van der Waals surface area contributed by atoms with Crippen LogP contribution >= 0.6 is 28.1 Å². The highest BCUT2D eigenvalue weighted by Crippen LogP contribution is 2.17. The molecule has 17 heavy (non-hydrogen) atoms. The predicted octanol–water partition coefficient (Wildman–Crippen LogP) is 2.38. The minimum Gasteiger partial charge on any atom is -0.391 e. The molecule has 0 spiro atoms. The van der Waals surface area contributed by atoms with Crippen molar-refractivity contribution in [3.63, 3.8) is 0 Å². The molecule has 0 saturated heterocycles. The number of hydrogen-bond donors (Lipinski definition) is 2. The first-order valence-corrected chi connectivity index (χ1v) is 6.01. The summed E-state index contributed by atoms with van der Waals surface area (Å²) >= 11 is 7.84. The summed E-state index contributed by atoms with van der Waals surface area (Å²) in [6, 6.07) is 4.13. The Bertz CT molecular complexity index is 477. The molecular weight excluding hydrogens is 307 g/mol. The topological polar surface area (TPSA) is 55.1 Å². The van der Waals surface area contributed by atoms with Crippen molar-refractivity contribution in [1.29, 1.82) is 0 Å². The number of carbonyl (C=O) groups is 1. The number of rotatable bonds is 3. The number of nitrogens with one attached hydrogen (secondary N) is 1. The fourth-order valence-corrected chi connectivity index (χ4v) is 1.35. The van der Waals surface area contributed by atoms with Crippen molar-refractivity contribution >= 4 is 39.0 Å². The van der Waals surface area contributed by atoms with Crippen molar-refractivity contribution in [3.8, 4) is 0 Å². The van der Waals surface area contributed by atoms with E-state index in [0.717, 1.165) is 6.07 Å². The molecule has 6 heteroatoms. The third-order valence-electron chi connectivity index (χ3n) is 2.22. The van der Waals surface area contributed by atoms with Crippen LogP contribution in [0.15, 0.2) is 22.7 Å². The van der Waals surface area contributed by atoms with E-state index in [0.29, 0.717) is 4.47 Å². The first-order valence-electron chi connectivity index (χ1n) is 4.81. The highest BCUT2D eigenvalue weighted by atomic mass is 79.9.